The molecule has 0 saturated carbocycles. The maximum absolute atomic E-state index is 13.0. The van der Waals surface area contributed by atoms with Gasteiger partial charge in [0.25, 0.3) is 0 Å². The van der Waals surface area contributed by atoms with Gasteiger partial charge in [-0.15, -0.1) is 0 Å². The summed E-state index contributed by atoms with van der Waals surface area (Å²) in [5.41, 5.74) is 2.94. The molecule has 0 unspecified atom stereocenters. The second kappa shape index (κ2) is 10.0. The van der Waals surface area contributed by atoms with Crippen molar-refractivity contribution in [2.45, 2.75) is 33.2 Å². The molecule has 0 radical (unpaired) electrons. The highest BCUT2D eigenvalue weighted by atomic mass is 16.2. The zero-order valence-corrected chi connectivity index (χ0v) is 18.2. The molecule has 2 heterocycles. The first-order valence-electron chi connectivity index (χ1n) is 10.8. The molecule has 8 nitrogen and oxygen atoms in total. The number of nitrogens with zero attached hydrogens (tertiary/aromatic N) is 3. The van der Waals surface area contributed by atoms with Crippen LogP contribution in [-0.2, 0) is 14.4 Å². The molecule has 2 aliphatic rings. The van der Waals surface area contributed by atoms with Crippen LogP contribution in [0.5, 0.6) is 0 Å². The van der Waals surface area contributed by atoms with E-state index in [0.29, 0.717) is 25.3 Å². The Morgan fingerprint density at radius 1 is 1.07 bits per heavy atom. The monoisotopic (exact) mass is 415 g/mol. The molecule has 3 amide bonds. The first-order chi connectivity index (χ1) is 14.4. The van der Waals surface area contributed by atoms with Gasteiger partial charge in [0.15, 0.2) is 0 Å². The van der Waals surface area contributed by atoms with Crippen LogP contribution in [0.1, 0.15) is 24.5 Å². The summed E-state index contributed by atoms with van der Waals surface area (Å²) in [5.74, 6) is -0.617. The zero-order chi connectivity index (χ0) is 21.7. The van der Waals surface area contributed by atoms with Gasteiger partial charge in [-0.05, 0) is 43.7 Å². The van der Waals surface area contributed by atoms with Crippen LogP contribution in [0.4, 0.5) is 5.69 Å². The van der Waals surface area contributed by atoms with Crippen LogP contribution in [0.2, 0.25) is 0 Å². The normalized spacial score (nSPS) is 20.7. The molecule has 30 heavy (non-hydrogen) atoms. The van der Waals surface area contributed by atoms with Crippen LogP contribution in [-0.4, -0.2) is 90.8 Å². The lowest BCUT2D eigenvalue weighted by Crippen LogP contribution is -2.60. The number of carbonyl (C=O) groups excluding carboxylic acids is 3. The molecule has 1 aromatic rings. The van der Waals surface area contributed by atoms with Gasteiger partial charge in [-0.25, -0.2) is 0 Å². The van der Waals surface area contributed by atoms with Gasteiger partial charge in [-0.1, -0.05) is 13.0 Å². The van der Waals surface area contributed by atoms with Gasteiger partial charge in [0.1, 0.15) is 6.04 Å². The van der Waals surface area contributed by atoms with E-state index in [4.69, 9.17) is 0 Å². The number of hydrogen-bond acceptors (Lipinski definition) is 5. The van der Waals surface area contributed by atoms with Crippen molar-refractivity contribution in [1.29, 1.82) is 0 Å². The SMILES string of the molecule is CCN1CCN(CC(=O)N2CCNC(=O)[C@@H]2CC(=O)Nc2ccc(C)c(C)c2)CC1. The van der Waals surface area contributed by atoms with Crippen molar-refractivity contribution < 1.29 is 14.4 Å². The summed E-state index contributed by atoms with van der Waals surface area (Å²) in [6.45, 7) is 11.9. The summed E-state index contributed by atoms with van der Waals surface area (Å²) >= 11 is 0. The number of aryl methyl sites for hydroxylation is 2. The molecule has 1 atom stereocenters. The zero-order valence-electron chi connectivity index (χ0n) is 18.2. The van der Waals surface area contributed by atoms with Crippen molar-refractivity contribution in [2.75, 3.05) is 57.7 Å². The van der Waals surface area contributed by atoms with Gasteiger partial charge in [0, 0.05) is 45.0 Å². The molecule has 0 aromatic heterocycles. The standard InChI is InChI=1S/C22H33N5O3/c1-4-25-9-11-26(12-10-25)15-21(29)27-8-7-23-22(30)19(27)14-20(28)24-18-6-5-16(2)17(3)13-18/h5-6,13,19H,4,7-12,14-15H2,1-3H3,(H,23,30)(H,24,28)/t19-/m0/s1. The fourth-order valence-electron chi connectivity index (χ4n) is 3.97. The quantitative estimate of drug-likeness (QED) is 0.711. The fourth-order valence-corrected chi connectivity index (χ4v) is 3.97. The maximum Gasteiger partial charge on any atom is 0.243 e. The molecule has 164 valence electrons. The number of likely N-dealkylation sites (N-methyl/N-ethyl adjacent to an activating group) is 1. The van der Waals surface area contributed by atoms with Gasteiger partial charge < -0.3 is 20.4 Å². The van der Waals surface area contributed by atoms with E-state index in [2.05, 4.69) is 27.4 Å². The lowest BCUT2D eigenvalue weighted by molar-refractivity contribution is -0.145. The Bertz CT molecular complexity index is 789. The van der Waals surface area contributed by atoms with Crippen molar-refractivity contribution in [1.82, 2.24) is 20.0 Å². The molecule has 0 spiro atoms. The topological polar surface area (TPSA) is 85.0 Å². The van der Waals surface area contributed by atoms with E-state index in [0.717, 1.165) is 43.9 Å². The number of piperazine rings is 2. The summed E-state index contributed by atoms with van der Waals surface area (Å²) in [5, 5.41) is 5.64. The summed E-state index contributed by atoms with van der Waals surface area (Å²) in [6.07, 6.45) is -0.0475. The van der Waals surface area contributed by atoms with Crippen molar-refractivity contribution >= 4 is 23.4 Å². The fraction of sp³-hybridized carbons (Fsp3) is 0.591. The Balaban J connectivity index is 1.59. The number of hydrogen-bond donors (Lipinski definition) is 2. The summed E-state index contributed by atoms with van der Waals surface area (Å²) in [4.78, 5) is 44.1. The number of rotatable bonds is 6. The molecule has 1 aromatic carbocycles. The minimum absolute atomic E-state index is 0.0475. The number of amides is 3. The predicted molar refractivity (Wildman–Crippen MR) is 116 cm³/mol. The lowest BCUT2D eigenvalue weighted by Gasteiger charge is -2.38. The Morgan fingerprint density at radius 2 is 1.77 bits per heavy atom. The van der Waals surface area contributed by atoms with E-state index < -0.39 is 6.04 Å². The maximum atomic E-state index is 13.0. The van der Waals surface area contributed by atoms with Crippen LogP contribution < -0.4 is 10.6 Å². The summed E-state index contributed by atoms with van der Waals surface area (Å²) in [6, 6.07) is 4.94. The Morgan fingerprint density at radius 3 is 2.43 bits per heavy atom. The van der Waals surface area contributed by atoms with Crippen LogP contribution in [0.25, 0.3) is 0 Å². The first-order valence-corrected chi connectivity index (χ1v) is 10.8. The lowest BCUT2D eigenvalue weighted by atomic mass is 10.1. The highest BCUT2D eigenvalue weighted by Crippen LogP contribution is 2.16. The largest absolute Gasteiger partial charge is 0.353 e. The third kappa shape index (κ3) is 5.58. The third-order valence-corrected chi connectivity index (χ3v) is 6.09. The minimum atomic E-state index is -0.769. The van der Waals surface area contributed by atoms with Crippen molar-refractivity contribution in [3.63, 3.8) is 0 Å². The second-order valence-corrected chi connectivity index (χ2v) is 8.16. The molecule has 3 rings (SSSR count). The van der Waals surface area contributed by atoms with E-state index in [9.17, 15) is 14.4 Å². The average molecular weight is 416 g/mol. The van der Waals surface area contributed by atoms with Crippen LogP contribution in [0.3, 0.4) is 0 Å². The molecule has 0 aliphatic carbocycles. The van der Waals surface area contributed by atoms with Crippen molar-refractivity contribution in [3.8, 4) is 0 Å². The molecule has 2 N–H and O–H groups in total. The van der Waals surface area contributed by atoms with Crippen LogP contribution in [0, 0.1) is 13.8 Å². The van der Waals surface area contributed by atoms with Crippen LogP contribution in [0.15, 0.2) is 18.2 Å². The Labute approximate surface area is 178 Å². The molecule has 2 aliphatic heterocycles. The molecule has 2 fully saturated rings. The molecule has 2 saturated heterocycles. The predicted octanol–water partition coefficient (Wildman–Crippen LogP) is 0.597. The Hall–Kier alpha value is -2.45. The second-order valence-electron chi connectivity index (χ2n) is 8.16. The molecule has 0 bridgehead atoms. The average Bonchev–Trinajstić information content (AvgIpc) is 2.72. The third-order valence-electron chi connectivity index (χ3n) is 6.09. The highest BCUT2D eigenvalue weighted by Gasteiger charge is 2.35. The number of nitrogens with one attached hydrogen (secondary N) is 2. The number of anilines is 1. The molecule has 8 heteroatoms. The Kier molecular flexibility index (Phi) is 7.44. The molecular weight excluding hydrogens is 382 g/mol. The van der Waals surface area contributed by atoms with E-state index in [1.807, 2.05) is 32.0 Å². The highest BCUT2D eigenvalue weighted by molar-refractivity contribution is 5.97. The number of benzene rings is 1. The molecular formula is C22H33N5O3. The van der Waals surface area contributed by atoms with E-state index in [-0.39, 0.29) is 24.1 Å². The summed E-state index contributed by atoms with van der Waals surface area (Å²) in [7, 11) is 0. The van der Waals surface area contributed by atoms with Gasteiger partial charge in [0.2, 0.25) is 17.7 Å². The van der Waals surface area contributed by atoms with Crippen molar-refractivity contribution in [2.24, 2.45) is 0 Å². The van der Waals surface area contributed by atoms with Gasteiger partial charge in [-0.2, -0.15) is 0 Å². The summed E-state index contributed by atoms with van der Waals surface area (Å²) < 4.78 is 0. The first kappa shape index (κ1) is 22.2. The van der Waals surface area contributed by atoms with E-state index >= 15 is 0 Å². The van der Waals surface area contributed by atoms with Crippen LogP contribution >= 0.6 is 0 Å². The smallest absolute Gasteiger partial charge is 0.243 e. The van der Waals surface area contributed by atoms with Gasteiger partial charge in [0.05, 0.1) is 13.0 Å². The van der Waals surface area contributed by atoms with E-state index in [1.165, 1.54) is 0 Å². The van der Waals surface area contributed by atoms with E-state index in [1.54, 1.807) is 4.90 Å². The number of carbonyl (C=O) groups is 3. The van der Waals surface area contributed by atoms with Gasteiger partial charge in [-0.3, -0.25) is 19.3 Å². The van der Waals surface area contributed by atoms with Crippen molar-refractivity contribution in [3.05, 3.63) is 29.3 Å². The minimum Gasteiger partial charge on any atom is -0.353 e. The van der Waals surface area contributed by atoms with Gasteiger partial charge >= 0.3 is 0 Å².